The highest BCUT2D eigenvalue weighted by Gasteiger charge is 2.31. The lowest BCUT2D eigenvalue weighted by molar-refractivity contribution is -0.141. The van der Waals surface area contributed by atoms with E-state index in [9.17, 15) is 9.59 Å². The van der Waals surface area contributed by atoms with E-state index in [-0.39, 0.29) is 17.9 Å². The van der Waals surface area contributed by atoms with Crippen molar-refractivity contribution in [2.45, 2.75) is 32.2 Å². The molecule has 4 rings (SSSR count). The molecule has 1 aliphatic carbocycles. The predicted octanol–water partition coefficient (Wildman–Crippen LogP) is 3.88. The van der Waals surface area contributed by atoms with E-state index in [2.05, 4.69) is 5.32 Å². The Kier molecular flexibility index (Phi) is 3.71. The van der Waals surface area contributed by atoms with Crippen molar-refractivity contribution in [3.63, 3.8) is 0 Å². The summed E-state index contributed by atoms with van der Waals surface area (Å²) < 4.78 is 5.93. The molecule has 1 aromatic heterocycles. The molecule has 2 N–H and O–H groups in total. The molecule has 0 saturated heterocycles. The first-order valence-corrected chi connectivity index (χ1v) is 8.49. The average molecular weight is 337 g/mol. The fourth-order valence-corrected chi connectivity index (χ4v) is 3.75. The number of aliphatic carboxylic acids is 1. The van der Waals surface area contributed by atoms with Gasteiger partial charge in [0.25, 0.3) is 5.91 Å². The van der Waals surface area contributed by atoms with Gasteiger partial charge in [0.2, 0.25) is 0 Å². The van der Waals surface area contributed by atoms with Crippen molar-refractivity contribution in [1.29, 1.82) is 0 Å². The monoisotopic (exact) mass is 337 g/mol. The normalized spacial score (nSPS) is 20.2. The molecule has 0 aliphatic heterocycles. The molecule has 25 heavy (non-hydrogen) atoms. The van der Waals surface area contributed by atoms with Gasteiger partial charge < -0.3 is 14.8 Å². The first-order valence-electron chi connectivity index (χ1n) is 8.49. The van der Waals surface area contributed by atoms with Crippen LogP contribution in [0.3, 0.4) is 0 Å². The highest BCUT2D eigenvalue weighted by Crippen LogP contribution is 2.32. The zero-order valence-electron chi connectivity index (χ0n) is 13.9. The number of amides is 1. The fraction of sp³-hybridized carbons (Fsp3) is 0.300. The quantitative estimate of drug-likeness (QED) is 0.760. The van der Waals surface area contributed by atoms with Crippen LogP contribution in [0.5, 0.6) is 0 Å². The van der Waals surface area contributed by atoms with Gasteiger partial charge in [-0.15, -0.1) is 0 Å². The Bertz CT molecular complexity index is 988. The van der Waals surface area contributed by atoms with Crippen molar-refractivity contribution in [2.75, 3.05) is 0 Å². The SMILES string of the molecule is Cc1c(C(=O)N[C@H]2CC[C@@H](C(=O)O)C2)oc2c1ccc1ccccc12. The number of furan rings is 1. The molecule has 1 fully saturated rings. The summed E-state index contributed by atoms with van der Waals surface area (Å²) in [7, 11) is 0. The van der Waals surface area contributed by atoms with Crippen molar-refractivity contribution >= 4 is 33.6 Å². The van der Waals surface area contributed by atoms with Crippen LogP contribution in [0, 0.1) is 12.8 Å². The van der Waals surface area contributed by atoms with Gasteiger partial charge in [0.15, 0.2) is 5.76 Å². The molecular formula is C20H19NO4. The van der Waals surface area contributed by atoms with E-state index in [1.165, 1.54) is 0 Å². The van der Waals surface area contributed by atoms with Crippen molar-refractivity contribution in [3.05, 3.63) is 47.7 Å². The maximum absolute atomic E-state index is 12.7. The summed E-state index contributed by atoms with van der Waals surface area (Å²) in [6.45, 7) is 1.88. The molecule has 5 nitrogen and oxygen atoms in total. The van der Waals surface area contributed by atoms with Gasteiger partial charge in [0, 0.05) is 22.4 Å². The van der Waals surface area contributed by atoms with Crippen LogP contribution in [0.15, 0.2) is 40.8 Å². The van der Waals surface area contributed by atoms with Gasteiger partial charge in [0.05, 0.1) is 5.92 Å². The van der Waals surface area contributed by atoms with Gasteiger partial charge in [-0.1, -0.05) is 36.4 Å². The molecule has 3 aromatic rings. The topological polar surface area (TPSA) is 79.5 Å². The summed E-state index contributed by atoms with van der Waals surface area (Å²) in [6, 6.07) is 11.8. The third-order valence-electron chi connectivity index (χ3n) is 5.15. The number of benzene rings is 2. The summed E-state index contributed by atoms with van der Waals surface area (Å²) >= 11 is 0. The van der Waals surface area contributed by atoms with Crippen molar-refractivity contribution in [2.24, 2.45) is 5.92 Å². The lowest BCUT2D eigenvalue weighted by atomic mass is 10.1. The Morgan fingerprint density at radius 1 is 1.12 bits per heavy atom. The van der Waals surface area contributed by atoms with Crippen LogP contribution in [-0.4, -0.2) is 23.0 Å². The van der Waals surface area contributed by atoms with Gasteiger partial charge in [-0.25, -0.2) is 0 Å². The van der Waals surface area contributed by atoms with E-state index in [1.807, 2.05) is 43.3 Å². The molecule has 0 spiro atoms. The van der Waals surface area contributed by atoms with E-state index >= 15 is 0 Å². The zero-order valence-corrected chi connectivity index (χ0v) is 13.9. The van der Waals surface area contributed by atoms with E-state index in [0.717, 1.165) is 27.3 Å². The molecule has 1 saturated carbocycles. The molecule has 1 aliphatic rings. The Morgan fingerprint density at radius 2 is 1.92 bits per heavy atom. The molecule has 0 radical (unpaired) electrons. The number of carboxylic acid groups (broad SMARTS) is 1. The molecule has 0 bridgehead atoms. The third-order valence-corrected chi connectivity index (χ3v) is 5.15. The number of rotatable bonds is 3. The summed E-state index contributed by atoms with van der Waals surface area (Å²) in [5.41, 5.74) is 1.53. The number of carbonyl (C=O) groups excluding carboxylic acids is 1. The van der Waals surface area contributed by atoms with Crippen LogP contribution in [0.4, 0.5) is 0 Å². The summed E-state index contributed by atoms with van der Waals surface area (Å²) in [6.07, 6.45) is 1.76. The number of carbonyl (C=O) groups is 2. The Labute approximate surface area is 144 Å². The number of hydrogen-bond donors (Lipinski definition) is 2. The van der Waals surface area contributed by atoms with Crippen LogP contribution in [0.1, 0.15) is 35.4 Å². The highest BCUT2D eigenvalue weighted by molar-refractivity contribution is 6.08. The van der Waals surface area contributed by atoms with Crippen molar-refractivity contribution in [3.8, 4) is 0 Å². The van der Waals surface area contributed by atoms with Crippen LogP contribution >= 0.6 is 0 Å². The van der Waals surface area contributed by atoms with Gasteiger partial charge in [-0.3, -0.25) is 9.59 Å². The van der Waals surface area contributed by atoms with Gasteiger partial charge in [0.1, 0.15) is 5.58 Å². The molecule has 1 heterocycles. The molecule has 1 amide bonds. The van der Waals surface area contributed by atoms with Gasteiger partial charge >= 0.3 is 5.97 Å². The summed E-state index contributed by atoms with van der Waals surface area (Å²) in [5.74, 6) is -1.12. The fourth-order valence-electron chi connectivity index (χ4n) is 3.75. The minimum atomic E-state index is -0.789. The van der Waals surface area contributed by atoms with Crippen LogP contribution < -0.4 is 5.32 Å². The highest BCUT2D eigenvalue weighted by atomic mass is 16.4. The van der Waals surface area contributed by atoms with Crippen LogP contribution in [0.25, 0.3) is 21.7 Å². The minimum Gasteiger partial charge on any atom is -0.481 e. The van der Waals surface area contributed by atoms with E-state index < -0.39 is 5.97 Å². The van der Waals surface area contributed by atoms with Gasteiger partial charge in [-0.05, 0) is 31.6 Å². The van der Waals surface area contributed by atoms with Gasteiger partial charge in [-0.2, -0.15) is 0 Å². The van der Waals surface area contributed by atoms with E-state index in [4.69, 9.17) is 9.52 Å². The lowest BCUT2D eigenvalue weighted by Crippen LogP contribution is -2.33. The standard InChI is InChI=1S/C20H19NO4/c1-11-15-9-7-12-4-2-3-5-16(12)18(15)25-17(11)19(22)21-14-8-6-13(10-14)20(23)24/h2-5,7,9,13-14H,6,8,10H2,1H3,(H,21,22)(H,23,24)/t13-,14+/m1/s1. The van der Waals surface area contributed by atoms with Crippen molar-refractivity contribution < 1.29 is 19.1 Å². The Morgan fingerprint density at radius 3 is 2.68 bits per heavy atom. The van der Waals surface area contributed by atoms with E-state index in [0.29, 0.717) is 25.0 Å². The predicted molar refractivity (Wildman–Crippen MR) is 94.7 cm³/mol. The van der Waals surface area contributed by atoms with Crippen LogP contribution in [-0.2, 0) is 4.79 Å². The smallest absolute Gasteiger partial charge is 0.306 e. The Hall–Kier alpha value is -2.82. The van der Waals surface area contributed by atoms with Crippen LogP contribution in [0.2, 0.25) is 0 Å². The number of fused-ring (bicyclic) bond motifs is 3. The maximum Gasteiger partial charge on any atom is 0.306 e. The first kappa shape index (κ1) is 15.7. The molecule has 2 atom stereocenters. The molecule has 2 aromatic carbocycles. The second kappa shape index (κ2) is 5.92. The Balaban J connectivity index is 1.65. The minimum absolute atomic E-state index is 0.113. The average Bonchev–Trinajstić information content (AvgIpc) is 3.20. The molecular weight excluding hydrogens is 318 g/mol. The zero-order chi connectivity index (χ0) is 17.6. The maximum atomic E-state index is 12.7. The second-order valence-electron chi connectivity index (χ2n) is 6.74. The third kappa shape index (κ3) is 2.65. The molecule has 0 unspecified atom stereocenters. The number of aryl methyl sites for hydroxylation is 1. The number of hydrogen-bond acceptors (Lipinski definition) is 3. The molecule has 5 heteroatoms. The lowest BCUT2D eigenvalue weighted by Gasteiger charge is -2.11. The second-order valence-corrected chi connectivity index (χ2v) is 6.74. The molecule has 128 valence electrons. The first-order chi connectivity index (χ1) is 12.0. The summed E-state index contributed by atoms with van der Waals surface area (Å²) in [5, 5.41) is 15.0. The van der Waals surface area contributed by atoms with Crippen molar-refractivity contribution in [1.82, 2.24) is 5.32 Å². The number of nitrogens with one attached hydrogen (secondary N) is 1. The number of carboxylic acids is 1. The summed E-state index contributed by atoms with van der Waals surface area (Å²) in [4.78, 5) is 23.7. The largest absolute Gasteiger partial charge is 0.481 e. The van der Waals surface area contributed by atoms with E-state index in [1.54, 1.807) is 0 Å².